The van der Waals surface area contributed by atoms with Crippen LogP contribution in [0, 0.1) is 0 Å². The topological polar surface area (TPSA) is 163 Å². The van der Waals surface area contributed by atoms with Gasteiger partial charge in [-0.3, -0.25) is 4.79 Å². The van der Waals surface area contributed by atoms with Crippen molar-refractivity contribution in [1.29, 1.82) is 0 Å². The number of hydrogen-bond donors (Lipinski definition) is 3. The quantitative estimate of drug-likeness (QED) is 0.264. The molecule has 1 amide bonds. The average molecular weight is 465 g/mol. The molecule has 0 aliphatic heterocycles. The summed E-state index contributed by atoms with van der Waals surface area (Å²) >= 11 is 1.47. The first kappa shape index (κ1) is 22.1. The Morgan fingerprint density at radius 1 is 1.18 bits per heavy atom. The van der Waals surface area contributed by atoms with Gasteiger partial charge in [-0.1, -0.05) is 11.8 Å². The maximum atomic E-state index is 11.3. The first-order chi connectivity index (χ1) is 15.9. The molecule has 3 heterocycles. The highest BCUT2D eigenvalue weighted by molar-refractivity contribution is 7.99. The van der Waals surface area contributed by atoms with Crippen LogP contribution in [0.1, 0.15) is 12.6 Å². The number of H-pyrrole nitrogens is 1. The molecule has 168 valence electrons. The van der Waals surface area contributed by atoms with Crippen molar-refractivity contribution in [2.75, 3.05) is 0 Å². The Labute approximate surface area is 191 Å². The van der Waals surface area contributed by atoms with Gasteiger partial charge in [0.1, 0.15) is 22.9 Å². The Morgan fingerprint density at radius 3 is 2.70 bits per heavy atom. The summed E-state index contributed by atoms with van der Waals surface area (Å²) in [5.41, 5.74) is 2.64. The summed E-state index contributed by atoms with van der Waals surface area (Å²) in [5, 5.41) is 20.5. The summed E-state index contributed by atoms with van der Waals surface area (Å²) < 4.78 is 1.84. The molecule has 0 aliphatic rings. The Morgan fingerprint density at radius 2 is 1.97 bits per heavy atom. The molecule has 4 rings (SSSR count). The van der Waals surface area contributed by atoms with E-state index in [-0.39, 0.29) is 12.4 Å². The summed E-state index contributed by atoms with van der Waals surface area (Å²) in [4.78, 5) is 43.3. The van der Waals surface area contributed by atoms with E-state index >= 15 is 0 Å². The predicted molar refractivity (Wildman–Crippen MR) is 119 cm³/mol. The predicted octanol–water partition coefficient (Wildman–Crippen LogP) is 2.78. The van der Waals surface area contributed by atoms with Crippen molar-refractivity contribution in [3.63, 3.8) is 0 Å². The van der Waals surface area contributed by atoms with Gasteiger partial charge in [-0.15, -0.1) is 10.2 Å². The number of rotatable bonds is 8. The zero-order valence-electron chi connectivity index (χ0n) is 17.6. The van der Waals surface area contributed by atoms with Crippen molar-refractivity contribution in [3.05, 3.63) is 48.8 Å². The van der Waals surface area contributed by atoms with E-state index in [1.165, 1.54) is 31.2 Å². The number of azo groups is 1. The average Bonchev–Trinajstić information content (AvgIpc) is 3.39. The highest BCUT2D eigenvalue weighted by Gasteiger charge is 2.20. The van der Waals surface area contributed by atoms with Crippen LogP contribution < -0.4 is 5.32 Å². The maximum absolute atomic E-state index is 11.3. The molecule has 13 heteroatoms. The van der Waals surface area contributed by atoms with E-state index in [1.54, 1.807) is 6.33 Å². The van der Waals surface area contributed by atoms with E-state index in [1.807, 2.05) is 35.9 Å². The van der Waals surface area contributed by atoms with E-state index in [0.29, 0.717) is 11.4 Å². The van der Waals surface area contributed by atoms with E-state index in [9.17, 15) is 14.7 Å². The van der Waals surface area contributed by atoms with E-state index < -0.39 is 17.9 Å². The Kier molecular flexibility index (Phi) is 6.40. The van der Waals surface area contributed by atoms with Crippen LogP contribution in [0.3, 0.4) is 0 Å². The number of carbonyl (C=O) groups is 2. The molecule has 0 saturated carbocycles. The number of fused-ring (bicyclic) bond motifs is 1. The first-order valence-electron chi connectivity index (χ1n) is 9.74. The molecule has 33 heavy (non-hydrogen) atoms. The molecule has 0 aliphatic carbocycles. The second-order valence-corrected chi connectivity index (χ2v) is 8.09. The molecule has 1 aromatic carbocycles. The molecule has 3 aromatic heterocycles. The minimum atomic E-state index is -1.13. The molecule has 0 spiro atoms. The van der Waals surface area contributed by atoms with Gasteiger partial charge in [0.2, 0.25) is 11.9 Å². The van der Waals surface area contributed by atoms with Crippen LogP contribution in [0.5, 0.6) is 0 Å². The molecule has 0 fully saturated rings. The number of aliphatic carboxylic acids is 1. The lowest BCUT2D eigenvalue weighted by atomic mass is 10.1. The summed E-state index contributed by atoms with van der Waals surface area (Å²) in [6.45, 7) is 1.26. The monoisotopic (exact) mass is 465 g/mol. The number of nitrogens with zero attached hydrogens (tertiary/aromatic N) is 7. The summed E-state index contributed by atoms with van der Waals surface area (Å²) in [5.74, 6) is -1.33. The number of hydrogen-bond acceptors (Lipinski definition) is 9. The van der Waals surface area contributed by atoms with Gasteiger partial charge >= 0.3 is 5.97 Å². The number of carboxylic acid groups (broad SMARTS) is 1. The van der Waals surface area contributed by atoms with Gasteiger partial charge in [0.25, 0.3) is 0 Å². The first-order valence-corrected chi connectivity index (χ1v) is 10.6. The third-order valence-corrected chi connectivity index (χ3v) is 5.49. The third kappa shape index (κ3) is 5.38. The fourth-order valence-corrected chi connectivity index (χ4v) is 3.80. The summed E-state index contributed by atoms with van der Waals surface area (Å²) in [7, 11) is 1.88. The van der Waals surface area contributed by atoms with Gasteiger partial charge in [0, 0.05) is 31.0 Å². The van der Waals surface area contributed by atoms with Crippen LogP contribution in [0.25, 0.3) is 11.2 Å². The maximum Gasteiger partial charge on any atom is 0.326 e. The number of carbonyl (C=O) groups excluding carboxylic acids is 1. The lowest BCUT2D eigenvalue weighted by Gasteiger charge is -2.11. The normalized spacial score (nSPS) is 12.3. The zero-order chi connectivity index (χ0) is 23.4. The van der Waals surface area contributed by atoms with Crippen molar-refractivity contribution in [1.82, 2.24) is 34.8 Å². The van der Waals surface area contributed by atoms with Crippen LogP contribution in [-0.2, 0) is 23.1 Å². The molecular weight excluding hydrogens is 446 g/mol. The number of nitrogens with one attached hydrogen (secondary N) is 2. The molecular formula is C20H19N9O3S. The fraction of sp³-hybridized carbons (Fsp3) is 0.200. The zero-order valence-corrected chi connectivity index (χ0v) is 18.4. The molecule has 4 aromatic rings. The van der Waals surface area contributed by atoms with Crippen molar-refractivity contribution in [2.24, 2.45) is 17.3 Å². The highest BCUT2D eigenvalue weighted by Crippen LogP contribution is 2.31. The summed E-state index contributed by atoms with van der Waals surface area (Å²) in [6, 6.07) is 6.36. The van der Waals surface area contributed by atoms with Gasteiger partial charge in [-0.25, -0.2) is 24.7 Å². The third-order valence-electron chi connectivity index (χ3n) is 4.49. The molecule has 0 radical (unpaired) electrons. The van der Waals surface area contributed by atoms with Gasteiger partial charge in [0.05, 0.1) is 18.2 Å². The molecule has 12 nitrogen and oxygen atoms in total. The van der Waals surface area contributed by atoms with Gasteiger partial charge < -0.3 is 20.0 Å². The van der Waals surface area contributed by atoms with Crippen LogP contribution in [0.2, 0.25) is 0 Å². The second-order valence-electron chi connectivity index (χ2n) is 7.03. The van der Waals surface area contributed by atoms with E-state index in [0.717, 1.165) is 21.1 Å². The van der Waals surface area contributed by atoms with Crippen LogP contribution in [0.15, 0.2) is 63.3 Å². The van der Waals surface area contributed by atoms with Crippen LogP contribution in [0.4, 0.5) is 11.6 Å². The second kappa shape index (κ2) is 9.56. The minimum Gasteiger partial charge on any atom is -0.480 e. The fourth-order valence-electron chi connectivity index (χ4n) is 2.96. The summed E-state index contributed by atoms with van der Waals surface area (Å²) in [6.07, 6.45) is 4.73. The Balaban J connectivity index is 1.40. The van der Waals surface area contributed by atoms with Crippen LogP contribution in [-0.4, -0.2) is 52.5 Å². The number of aromatic nitrogens is 6. The van der Waals surface area contributed by atoms with Crippen molar-refractivity contribution in [2.45, 2.75) is 29.3 Å². The van der Waals surface area contributed by atoms with Crippen LogP contribution >= 0.6 is 11.8 Å². The van der Waals surface area contributed by atoms with E-state index in [4.69, 9.17) is 0 Å². The lowest BCUT2D eigenvalue weighted by Crippen LogP contribution is -2.41. The molecule has 3 N–H and O–H groups in total. The number of carboxylic acids is 1. The number of aryl methyl sites for hydroxylation is 1. The number of amides is 1. The van der Waals surface area contributed by atoms with Crippen molar-refractivity contribution >= 4 is 46.4 Å². The highest BCUT2D eigenvalue weighted by atomic mass is 32.2. The smallest absolute Gasteiger partial charge is 0.326 e. The van der Waals surface area contributed by atoms with Crippen molar-refractivity contribution in [3.8, 4) is 0 Å². The van der Waals surface area contributed by atoms with Crippen molar-refractivity contribution < 1.29 is 14.7 Å². The molecule has 0 saturated heterocycles. The standard InChI is InChI=1S/C20H19N9O3S/c1-11(30)25-15(19(31)32)7-13-8-21-20(26-13)28-27-12-3-5-14(6-4-12)33-18-16-17(22-9-23-18)29(2)10-24-16/h3-6,8-10,15H,7H2,1-2H3,(H,21,26)(H,25,30)(H,31,32)/t15-/m0/s1. The number of imidazole rings is 2. The Hall–Kier alpha value is -4.13. The Bertz CT molecular complexity index is 1330. The SMILES string of the molecule is CC(=O)N[C@@H](Cc1cnc(N=Nc2ccc(Sc3ncnc4c3ncn4C)cc2)[nH]1)C(=O)O. The van der Waals surface area contributed by atoms with Gasteiger partial charge in [0.15, 0.2) is 5.65 Å². The molecule has 1 atom stereocenters. The lowest BCUT2D eigenvalue weighted by molar-refractivity contribution is -0.141. The minimum absolute atomic E-state index is 0.0515. The molecule has 0 unspecified atom stereocenters. The number of benzene rings is 1. The molecule has 0 bridgehead atoms. The van der Waals surface area contributed by atoms with E-state index in [2.05, 4.69) is 40.5 Å². The largest absolute Gasteiger partial charge is 0.480 e. The van der Waals surface area contributed by atoms with Gasteiger partial charge in [-0.05, 0) is 24.3 Å². The van der Waals surface area contributed by atoms with Gasteiger partial charge in [-0.2, -0.15) is 0 Å². The number of aromatic amines is 1.